The van der Waals surface area contributed by atoms with Crippen molar-refractivity contribution in [3.8, 4) is 5.75 Å². The van der Waals surface area contributed by atoms with Crippen LogP contribution in [-0.2, 0) is 16.1 Å². The summed E-state index contributed by atoms with van der Waals surface area (Å²) in [5.41, 5.74) is 0.912. The van der Waals surface area contributed by atoms with Crippen molar-refractivity contribution in [2.24, 2.45) is 0 Å². The molecule has 1 atom stereocenters. The first kappa shape index (κ1) is 24.6. The molecule has 0 saturated heterocycles. The lowest BCUT2D eigenvalue weighted by Gasteiger charge is -2.32. The fourth-order valence-corrected chi connectivity index (χ4v) is 4.40. The quantitative estimate of drug-likeness (QED) is 0.458. The molecule has 0 unspecified atom stereocenters. The molecule has 2 aromatic carbocycles. The third-order valence-electron chi connectivity index (χ3n) is 5.78. The van der Waals surface area contributed by atoms with Crippen molar-refractivity contribution in [1.29, 1.82) is 0 Å². The van der Waals surface area contributed by atoms with E-state index in [-0.39, 0.29) is 24.5 Å². The van der Waals surface area contributed by atoms with Crippen LogP contribution in [0.5, 0.6) is 5.75 Å². The summed E-state index contributed by atoms with van der Waals surface area (Å²) in [6, 6.07) is 14.3. The number of benzene rings is 2. The zero-order chi connectivity index (χ0) is 22.9. The summed E-state index contributed by atoms with van der Waals surface area (Å²) in [5, 5.41) is 3.81. The van der Waals surface area contributed by atoms with E-state index in [1.807, 2.05) is 31.2 Å². The molecule has 1 aliphatic carbocycles. The Morgan fingerprint density at radius 2 is 1.75 bits per heavy atom. The van der Waals surface area contributed by atoms with Crippen molar-refractivity contribution in [2.75, 3.05) is 6.61 Å². The maximum atomic E-state index is 13.2. The summed E-state index contributed by atoms with van der Waals surface area (Å²) in [7, 11) is 0. The van der Waals surface area contributed by atoms with Crippen molar-refractivity contribution in [1.82, 2.24) is 10.2 Å². The largest absolute Gasteiger partial charge is 0.484 e. The van der Waals surface area contributed by atoms with Gasteiger partial charge < -0.3 is 15.0 Å². The van der Waals surface area contributed by atoms with Gasteiger partial charge in [0, 0.05) is 22.1 Å². The number of carbonyl (C=O) groups is 2. The van der Waals surface area contributed by atoms with E-state index in [4.69, 9.17) is 16.3 Å². The molecule has 0 aliphatic heterocycles. The molecule has 172 valence electrons. The Morgan fingerprint density at radius 3 is 2.38 bits per heavy atom. The highest BCUT2D eigenvalue weighted by Gasteiger charge is 2.30. The molecule has 0 radical (unpaired) electrons. The van der Waals surface area contributed by atoms with Crippen LogP contribution in [0.2, 0.25) is 5.02 Å². The van der Waals surface area contributed by atoms with Crippen LogP contribution in [0, 0.1) is 0 Å². The lowest BCUT2D eigenvalue weighted by atomic mass is 9.95. The maximum Gasteiger partial charge on any atom is 0.261 e. The first-order valence-corrected chi connectivity index (χ1v) is 12.4. The highest BCUT2D eigenvalue weighted by atomic mass is 79.9. The Morgan fingerprint density at radius 1 is 1.09 bits per heavy atom. The molecular formula is C25H30BrClN2O3. The number of amides is 2. The van der Waals surface area contributed by atoms with Gasteiger partial charge in [0.25, 0.3) is 5.91 Å². The lowest BCUT2D eigenvalue weighted by molar-refractivity contribution is -0.143. The van der Waals surface area contributed by atoms with Crippen molar-refractivity contribution in [3.63, 3.8) is 0 Å². The summed E-state index contributed by atoms with van der Waals surface area (Å²) >= 11 is 9.41. The summed E-state index contributed by atoms with van der Waals surface area (Å²) in [6.07, 6.45) is 6.01. The van der Waals surface area contributed by atoms with Gasteiger partial charge in [0.1, 0.15) is 11.8 Å². The molecule has 2 amide bonds. The van der Waals surface area contributed by atoms with Gasteiger partial charge in [0.15, 0.2) is 6.61 Å². The molecule has 5 nitrogen and oxygen atoms in total. The molecule has 3 rings (SSSR count). The van der Waals surface area contributed by atoms with Gasteiger partial charge in [-0.1, -0.05) is 65.8 Å². The molecule has 1 aliphatic rings. The Labute approximate surface area is 203 Å². The Bertz CT molecular complexity index is 883. The fourth-order valence-electron chi connectivity index (χ4n) is 4.01. The first-order valence-electron chi connectivity index (χ1n) is 11.2. The molecule has 0 spiro atoms. The van der Waals surface area contributed by atoms with Crippen molar-refractivity contribution < 1.29 is 14.3 Å². The van der Waals surface area contributed by atoms with Crippen LogP contribution in [0.25, 0.3) is 0 Å². The number of rotatable bonds is 9. The lowest BCUT2D eigenvalue weighted by Crippen LogP contribution is -2.52. The number of nitrogens with zero attached hydrogens (tertiary/aromatic N) is 1. The number of nitrogens with one attached hydrogen (secondary N) is 1. The maximum absolute atomic E-state index is 13.2. The number of halogens is 2. The number of hydrogen-bond acceptors (Lipinski definition) is 3. The van der Waals surface area contributed by atoms with E-state index < -0.39 is 6.04 Å². The minimum atomic E-state index is -0.561. The molecule has 0 aromatic heterocycles. The summed E-state index contributed by atoms with van der Waals surface area (Å²) in [5.74, 6) is 0.284. The predicted octanol–water partition coefficient (Wildman–Crippen LogP) is 5.74. The molecule has 0 heterocycles. The number of carbonyl (C=O) groups excluding carboxylic acids is 2. The van der Waals surface area contributed by atoms with Crippen molar-refractivity contribution in [2.45, 2.75) is 64.1 Å². The number of ether oxygens (including phenoxy) is 1. The van der Waals surface area contributed by atoms with Gasteiger partial charge in [-0.05, 0) is 61.2 Å². The van der Waals surface area contributed by atoms with Crippen molar-refractivity contribution >= 4 is 39.3 Å². The molecule has 7 heteroatoms. The fraction of sp³-hybridized carbons (Fsp3) is 0.440. The van der Waals surface area contributed by atoms with E-state index in [1.54, 1.807) is 29.2 Å². The highest BCUT2D eigenvalue weighted by molar-refractivity contribution is 9.10. The smallest absolute Gasteiger partial charge is 0.261 e. The van der Waals surface area contributed by atoms with Crippen LogP contribution >= 0.6 is 27.5 Å². The normalized spacial score (nSPS) is 15.1. The summed E-state index contributed by atoms with van der Waals surface area (Å²) < 4.78 is 6.66. The monoisotopic (exact) mass is 520 g/mol. The van der Waals surface area contributed by atoms with Crippen molar-refractivity contribution in [3.05, 3.63) is 63.6 Å². The van der Waals surface area contributed by atoms with E-state index >= 15 is 0 Å². The van der Waals surface area contributed by atoms with E-state index in [9.17, 15) is 9.59 Å². The average Bonchev–Trinajstić information content (AvgIpc) is 2.80. The zero-order valence-electron chi connectivity index (χ0n) is 18.4. The Balaban J connectivity index is 1.73. The Kier molecular flexibility index (Phi) is 9.42. The van der Waals surface area contributed by atoms with Crippen LogP contribution in [0.4, 0.5) is 0 Å². The third kappa shape index (κ3) is 7.24. The average molecular weight is 522 g/mol. The SMILES string of the molecule is CC[C@@H](C(=O)NC1CCCCC1)N(Cc1ccc(Cl)cc1)C(=O)COc1ccc(Br)cc1. The second-order valence-electron chi connectivity index (χ2n) is 8.16. The Hall–Kier alpha value is -2.05. The predicted molar refractivity (Wildman–Crippen MR) is 131 cm³/mol. The second kappa shape index (κ2) is 12.3. The van der Waals surface area contributed by atoms with Gasteiger partial charge >= 0.3 is 0 Å². The van der Waals surface area contributed by atoms with Gasteiger partial charge in [-0.3, -0.25) is 9.59 Å². The van der Waals surface area contributed by atoms with E-state index in [2.05, 4.69) is 21.2 Å². The summed E-state index contributed by atoms with van der Waals surface area (Å²) in [4.78, 5) is 28.0. The van der Waals surface area contributed by atoms with Crippen LogP contribution in [0.15, 0.2) is 53.0 Å². The van der Waals surface area contributed by atoms with E-state index in [0.717, 1.165) is 35.7 Å². The second-order valence-corrected chi connectivity index (χ2v) is 9.51. The minimum Gasteiger partial charge on any atom is -0.484 e. The van der Waals surface area contributed by atoms with Crippen LogP contribution in [0.1, 0.15) is 51.0 Å². The van der Waals surface area contributed by atoms with Gasteiger partial charge in [0.05, 0.1) is 0 Å². The topological polar surface area (TPSA) is 58.6 Å². The zero-order valence-corrected chi connectivity index (χ0v) is 20.7. The van der Waals surface area contributed by atoms with Crippen LogP contribution in [0.3, 0.4) is 0 Å². The van der Waals surface area contributed by atoms with E-state index in [1.165, 1.54) is 6.42 Å². The number of hydrogen-bond donors (Lipinski definition) is 1. The molecular weight excluding hydrogens is 492 g/mol. The van der Waals surface area contributed by atoms with Gasteiger partial charge in [0.2, 0.25) is 5.91 Å². The van der Waals surface area contributed by atoms with Gasteiger partial charge in [-0.15, -0.1) is 0 Å². The van der Waals surface area contributed by atoms with Crippen LogP contribution < -0.4 is 10.1 Å². The molecule has 32 heavy (non-hydrogen) atoms. The summed E-state index contributed by atoms with van der Waals surface area (Å²) in [6.45, 7) is 2.11. The molecule has 1 fully saturated rings. The molecule has 2 aromatic rings. The van der Waals surface area contributed by atoms with Crippen LogP contribution in [-0.4, -0.2) is 35.4 Å². The minimum absolute atomic E-state index is 0.0923. The van der Waals surface area contributed by atoms with E-state index in [0.29, 0.717) is 23.7 Å². The molecule has 1 N–H and O–H groups in total. The van der Waals surface area contributed by atoms with Gasteiger partial charge in [-0.2, -0.15) is 0 Å². The van der Waals surface area contributed by atoms with Gasteiger partial charge in [-0.25, -0.2) is 0 Å². The highest BCUT2D eigenvalue weighted by Crippen LogP contribution is 2.20. The standard InChI is InChI=1S/C25H30BrClN2O3/c1-2-23(25(31)28-21-6-4-3-5-7-21)29(16-18-8-12-20(27)13-9-18)24(30)17-32-22-14-10-19(26)11-15-22/h8-15,21,23H,2-7,16-17H2,1H3,(H,28,31)/t23-/m0/s1. The molecule has 1 saturated carbocycles. The first-order chi connectivity index (χ1) is 15.5. The molecule has 0 bridgehead atoms. The third-order valence-corrected chi connectivity index (χ3v) is 6.56.